The van der Waals surface area contributed by atoms with Crippen LogP contribution < -0.4 is 5.73 Å². The molecule has 2 aromatic carbocycles. The Morgan fingerprint density at radius 2 is 1.78 bits per heavy atom. The maximum absolute atomic E-state index is 6.11. The van der Waals surface area contributed by atoms with Gasteiger partial charge in [-0.1, -0.05) is 49.6 Å². The van der Waals surface area contributed by atoms with Crippen molar-refractivity contribution in [1.82, 2.24) is 9.78 Å². The average molecular weight is 305 g/mol. The summed E-state index contributed by atoms with van der Waals surface area (Å²) in [5.41, 5.74) is 9.33. The SMILES string of the molecule is Nc1ccc(-c2cnn(CC3CCCCC3)c2)c2ccccc12. The molecule has 2 N–H and O–H groups in total. The van der Waals surface area contributed by atoms with E-state index in [4.69, 9.17) is 5.73 Å². The van der Waals surface area contributed by atoms with Crippen LogP contribution in [0.25, 0.3) is 21.9 Å². The van der Waals surface area contributed by atoms with Gasteiger partial charge < -0.3 is 5.73 Å². The molecule has 0 unspecified atom stereocenters. The number of nitrogen functional groups attached to an aromatic ring is 1. The Hall–Kier alpha value is -2.29. The highest BCUT2D eigenvalue weighted by Crippen LogP contribution is 2.32. The van der Waals surface area contributed by atoms with Crippen molar-refractivity contribution in [2.45, 2.75) is 38.6 Å². The quantitative estimate of drug-likeness (QED) is 0.702. The predicted octanol–water partition coefficient (Wildman–Crippen LogP) is 4.87. The molecule has 1 heterocycles. The second-order valence-electron chi connectivity index (χ2n) is 6.70. The molecule has 0 aliphatic heterocycles. The fourth-order valence-corrected chi connectivity index (χ4v) is 3.81. The van der Waals surface area contributed by atoms with Gasteiger partial charge in [0.25, 0.3) is 0 Å². The Kier molecular flexibility index (Phi) is 3.78. The third-order valence-electron chi connectivity index (χ3n) is 5.07. The number of hydrogen-bond acceptors (Lipinski definition) is 2. The Bertz CT molecular complexity index is 813. The topological polar surface area (TPSA) is 43.8 Å². The van der Waals surface area contributed by atoms with Crippen LogP contribution >= 0.6 is 0 Å². The molecule has 0 spiro atoms. The standard InChI is InChI=1S/C20H23N3/c21-20-11-10-17(18-8-4-5-9-19(18)20)16-12-22-23(14-16)13-15-6-2-1-3-7-15/h4-5,8-12,14-15H,1-3,6-7,13,21H2. The van der Waals surface area contributed by atoms with Gasteiger partial charge in [-0.2, -0.15) is 5.10 Å². The van der Waals surface area contributed by atoms with Crippen molar-refractivity contribution in [3.63, 3.8) is 0 Å². The number of rotatable bonds is 3. The Labute approximate surface area is 137 Å². The number of nitrogens with two attached hydrogens (primary N) is 1. The first-order valence-corrected chi connectivity index (χ1v) is 8.61. The molecule has 1 fully saturated rings. The van der Waals surface area contributed by atoms with Crippen LogP contribution in [0.5, 0.6) is 0 Å². The van der Waals surface area contributed by atoms with E-state index in [0.717, 1.165) is 23.5 Å². The van der Waals surface area contributed by atoms with Crippen LogP contribution in [0.3, 0.4) is 0 Å². The Balaban J connectivity index is 1.65. The smallest absolute Gasteiger partial charge is 0.0568 e. The zero-order valence-corrected chi connectivity index (χ0v) is 13.4. The Morgan fingerprint density at radius 1 is 1.00 bits per heavy atom. The lowest BCUT2D eigenvalue weighted by Crippen LogP contribution is -2.14. The number of fused-ring (bicyclic) bond motifs is 1. The first kappa shape index (κ1) is 14.3. The maximum Gasteiger partial charge on any atom is 0.0568 e. The van der Waals surface area contributed by atoms with Crippen LogP contribution in [-0.2, 0) is 6.54 Å². The molecule has 1 saturated carbocycles. The summed E-state index contributed by atoms with van der Waals surface area (Å²) >= 11 is 0. The van der Waals surface area contributed by atoms with Gasteiger partial charge in [-0.25, -0.2) is 0 Å². The number of anilines is 1. The molecule has 3 aromatic rings. The molecular weight excluding hydrogens is 282 g/mol. The minimum absolute atomic E-state index is 0.791. The molecule has 3 heteroatoms. The number of hydrogen-bond donors (Lipinski definition) is 1. The van der Waals surface area contributed by atoms with E-state index in [1.165, 1.54) is 48.6 Å². The van der Waals surface area contributed by atoms with Crippen molar-refractivity contribution in [3.05, 3.63) is 48.8 Å². The van der Waals surface area contributed by atoms with E-state index in [9.17, 15) is 0 Å². The summed E-state index contributed by atoms with van der Waals surface area (Å²) in [6, 6.07) is 12.4. The molecule has 1 aliphatic rings. The van der Waals surface area contributed by atoms with Gasteiger partial charge in [0.05, 0.1) is 6.20 Å². The second-order valence-corrected chi connectivity index (χ2v) is 6.70. The number of nitrogens with zero attached hydrogens (tertiary/aromatic N) is 2. The van der Waals surface area contributed by atoms with Gasteiger partial charge in [0.2, 0.25) is 0 Å². The first-order chi connectivity index (χ1) is 11.3. The molecule has 0 saturated heterocycles. The predicted molar refractivity (Wildman–Crippen MR) is 96.2 cm³/mol. The van der Waals surface area contributed by atoms with Crippen molar-refractivity contribution in [1.29, 1.82) is 0 Å². The lowest BCUT2D eigenvalue weighted by atomic mass is 9.89. The highest BCUT2D eigenvalue weighted by Gasteiger charge is 2.15. The zero-order valence-electron chi connectivity index (χ0n) is 13.4. The summed E-state index contributed by atoms with van der Waals surface area (Å²) in [5, 5.41) is 6.92. The zero-order chi connectivity index (χ0) is 15.6. The van der Waals surface area contributed by atoms with Crippen molar-refractivity contribution in [3.8, 4) is 11.1 Å². The average Bonchev–Trinajstić information content (AvgIpc) is 3.05. The summed E-state index contributed by atoms with van der Waals surface area (Å²) in [7, 11) is 0. The van der Waals surface area contributed by atoms with E-state index in [0.29, 0.717) is 0 Å². The van der Waals surface area contributed by atoms with E-state index in [1.807, 2.05) is 18.3 Å². The third kappa shape index (κ3) is 2.83. The van der Waals surface area contributed by atoms with Gasteiger partial charge in [0.15, 0.2) is 0 Å². The lowest BCUT2D eigenvalue weighted by molar-refractivity contribution is 0.308. The van der Waals surface area contributed by atoms with E-state index in [2.05, 4.69) is 40.2 Å². The highest BCUT2D eigenvalue weighted by molar-refractivity contribution is 6.02. The summed E-state index contributed by atoms with van der Waals surface area (Å²) in [5.74, 6) is 0.791. The van der Waals surface area contributed by atoms with Crippen LogP contribution in [0.1, 0.15) is 32.1 Å². The van der Waals surface area contributed by atoms with Crippen molar-refractivity contribution < 1.29 is 0 Å². The van der Waals surface area contributed by atoms with E-state index >= 15 is 0 Å². The fraction of sp³-hybridized carbons (Fsp3) is 0.350. The van der Waals surface area contributed by atoms with Gasteiger partial charge >= 0.3 is 0 Å². The molecule has 118 valence electrons. The van der Waals surface area contributed by atoms with Crippen LogP contribution in [-0.4, -0.2) is 9.78 Å². The van der Waals surface area contributed by atoms with Crippen molar-refractivity contribution in [2.24, 2.45) is 5.92 Å². The molecule has 3 nitrogen and oxygen atoms in total. The van der Waals surface area contributed by atoms with E-state index < -0.39 is 0 Å². The number of benzene rings is 2. The van der Waals surface area contributed by atoms with Crippen LogP contribution in [0.2, 0.25) is 0 Å². The molecular formula is C20H23N3. The summed E-state index contributed by atoms with van der Waals surface area (Å²) in [6.07, 6.45) is 11.0. The van der Waals surface area contributed by atoms with Crippen molar-refractivity contribution in [2.75, 3.05) is 5.73 Å². The fourth-order valence-electron chi connectivity index (χ4n) is 3.81. The summed E-state index contributed by atoms with van der Waals surface area (Å²) in [4.78, 5) is 0. The minimum Gasteiger partial charge on any atom is -0.398 e. The molecule has 1 aromatic heterocycles. The second kappa shape index (κ2) is 6.07. The van der Waals surface area contributed by atoms with Gasteiger partial charge in [-0.05, 0) is 35.8 Å². The monoisotopic (exact) mass is 305 g/mol. The molecule has 0 amide bonds. The van der Waals surface area contributed by atoms with Crippen LogP contribution in [0, 0.1) is 5.92 Å². The van der Waals surface area contributed by atoms with Crippen molar-refractivity contribution >= 4 is 16.5 Å². The number of aromatic nitrogens is 2. The summed E-state index contributed by atoms with van der Waals surface area (Å²) in [6.45, 7) is 1.05. The van der Waals surface area contributed by atoms with E-state index in [1.54, 1.807) is 0 Å². The van der Waals surface area contributed by atoms with Gasteiger partial charge in [0.1, 0.15) is 0 Å². The molecule has 1 aliphatic carbocycles. The minimum atomic E-state index is 0.791. The molecule has 0 radical (unpaired) electrons. The molecule has 0 bridgehead atoms. The largest absolute Gasteiger partial charge is 0.398 e. The Morgan fingerprint density at radius 3 is 2.61 bits per heavy atom. The van der Waals surface area contributed by atoms with Gasteiger partial charge in [-0.15, -0.1) is 0 Å². The third-order valence-corrected chi connectivity index (χ3v) is 5.07. The lowest BCUT2D eigenvalue weighted by Gasteiger charge is -2.21. The molecule has 23 heavy (non-hydrogen) atoms. The summed E-state index contributed by atoms with van der Waals surface area (Å²) < 4.78 is 2.12. The normalized spacial score (nSPS) is 16.0. The van der Waals surface area contributed by atoms with Gasteiger partial charge in [-0.3, -0.25) is 4.68 Å². The van der Waals surface area contributed by atoms with Crippen LogP contribution in [0.4, 0.5) is 5.69 Å². The highest BCUT2D eigenvalue weighted by atomic mass is 15.3. The van der Waals surface area contributed by atoms with E-state index in [-0.39, 0.29) is 0 Å². The maximum atomic E-state index is 6.11. The van der Waals surface area contributed by atoms with Crippen LogP contribution in [0.15, 0.2) is 48.8 Å². The molecule has 0 atom stereocenters. The van der Waals surface area contributed by atoms with Gasteiger partial charge in [0, 0.05) is 29.4 Å². The molecule has 4 rings (SSSR count). The first-order valence-electron chi connectivity index (χ1n) is 8.61.